The maximum absolute atomic E-state index is 5.88. The van der Waals surface area contributed by atoms with Crippen molar-refractivity contribution < 1.29 is 4.74 Å². The fourth-order valence-electron chi connectivity index (χ4n) is 1.76. The molecule has 1 N–H and O–H groups in total. The Morgan fingerprint density at radius 3 is 2.24 bits per heavy atom. The first kappa shape index (κ1) is 16.9. The van der Waals surface area contributed by atoms with Crippen LogP contribution in [0.15, 0.2) is 0 Å². The highest BCUT2D eigenvalue weighted by atomic mass is 16.5. The molecule has 0 heterocycles. The molecule has 0 rings (SSSR count). The third kappa shape index (κ3) is 12.2. The predicted octanol–water partition coefficient (Wildman–Crippen LogP) is 4.14. The summed E-state index contributed by atoms with van der Waals surface area (Å²) in [5.74, 6) is 0. The van der Waals surface area contributed by atoms with Crippen molar-refractivity contribution in [2.75, 3.05) is 13.2 Å². The summed E-state index contributed by atoms with van der Waals surface area (Å²) in [6.07, 6.45) is 7.79. The Kier molecular flexibility index (Phi) is 9.85. The SMILES string of the molecule is CCCCCCC(COC(C)(C)C)NCCC. The molecule has 0 aromatic heterocycles. The van der Waals surface area contributed by atoms with Crippen molar-refractivity contribution in [1.82, 2.24) is 5.32 Å². The second-order valence-corrected chi connectivity index (χ2v) is 5.92. The van der Waals surface area contributed by atoms with Crippen LogP contribution in [0.5, 0.6) is 0 Å². The minimum atomic E-state index is -0.0183. The summed E-state index contributed by atoms with van der Waals surface area (Å²) in [6, 6.07) is 0.533. The number of nitrogens with one attached hydrogen (secondary N) is 1. The van der Waals surface area contributed by atoms with Gasteiger partial charge in [0, 0.05) is 6.04 Å². The van der Waals surface area contributed by atoms with Crippen LogP contribution >= 0.6 is 0 Å². The fourth-order valence-corrected chi connectivity index (χ4v) is 1.76. The Balaban J connectivity index is 3.79. The van der Waals surface area contributed by atoms with Crippen LogP contribution in [0.4, 0.5) is 0 Å². The lowest BCUT2D eigenvalue weighted by atomic mass is 10.1. The van der Waals surface area contributed by atoms with E-state index in [2.05, 4.69) is 39.9 Å². The van der Waals surface area contributed by atoms with Crippen molar-refractivity contribution in [3.8, 4) is 0 Å². The van der Waals surface area contributed by atoms with Gasteiger partial charge in [-0.3, -0.25) is 0 Å². The van der Waals surface area contributed by atoms with Crippen molar-refractivity contribution >= 4 is 0 Å². The van der Waals surface area contributed by atoms with E-state index in [-0.39, 0.29) is 5.60 Å². The topological polar surface area (TPSA) is 21.3 Å². The Bertz CT molecular complexity index is 163. The smallest absolute Gasteiger partial charge is 0.0626 e. The summed E-state index contributed by atoms with van der Waals surface area (Å²) in [5.41, 5.74) is -0.0183. The summed E-state index contributed by atoms with van der Waals surface area (Å²) in [4.78, 5) is 0. The second-order valence-electron chi connectivity index (χ2n) is 5.92. The van der Waals surface area contributed by atoms with Crippen molar-refractivity contribution in [3.05, 3.63) is 0 Å². The van der Waals surface area contributed by atoms with Gasteiger partial charge in [-0.15, -0.1) is 0 Å². The minimum Gasteiger partial charge on any atom is -0.374 e. The van der Waals surface area contributed by atoms with Gasteiger partial charge in [0.2, 0.25) is 0 Å². The molecule has 0 amide bonds. The molecule has 2 nitrogen and oxygen atoms in total. The van der Waals surface area contributed by atoms with Gasteiger partial charge in [0.1, 0.15) is 0 Å². The van der Waals surface area contributed by atoms with Gasteiger partial charge in [0.15, 0.2) is 0 Å². The molecule has 17 heavy (non-hydrogen) atoms. The molecular formula is C15H33NO. The van der Waals surface area contributed by atoms with Crippen LogP contribution in [0.2, 0.25) is 0 Å². The van der Waals surface area contributed by atoms with Crippen LogP contribution in [0.25, 0.3) is 0 Å². The van der Waals surface area contributed by atoms with Gasteiger partial charge in [-0.05, 0) is 40.2 Å². The highest BCUT2D eigenvalue weighted by molar-refractivity contribution is 4.69. The first-order valence-electron chi connectivity index (χ1n) is 7.37. The van der Waals surface area contributed by atoms with Gasteiger partial charge in [-0.25, -0.2) is 0 Å². The highest BCUT2D eigenvalue weighted by Crippen LogP contribution is 2.11. The Morgan fingerprint density at radius 2 is 1.71 bits per heavy atom. The Hall–Kier alpha value is -0.0800. The molecule has 0 aromatic carbocycles. The van der Waals surface area contributed by atoms with E-state index in [1.54, 1.807) is 0 Å². The van der Waals surface area contributed by atoms with Crippen LogP contribution in [-0.4, -0.2) is 24.8 Å². The van der Waals surface area contributed by atoms with Crippen molar-refractivity contribution in [3.63, 3.8) is 0 Å². The normalized spacial score (nSPS) is 13.9. The predicted molar refractivity (Wildman–Crippen MR) is 76.5 cm³/mol. The molecule has 0 saturated heterocycles. The maximum atomic E-state index is 5.88. The molecule has 0 bridgehead atoms. The van der Waals surface area contributed by atoms with Crippen molar-refractivity contribution in [2.24, 2.45) is 0 Å². The van der Waals surface area contributed by atoms with E-state index in [9.17, 15) is 0 Å². The molecule has 0 aromatic rings. The summed E-state index contributed by atoms with van der Waals surface area (Å²) in [7, 11) is 0. The monoisotopic (exact) mass is 243 g/mol. The van der Waals surface area contributed by atoms with Gasteiger partial charge in [0.05, 0.1) is 12.2 Å². The van der Waals surface area contributed by atoms with E-state index in [1.807, 2.05) is 0 Å². The third-order valence-corrected chi connectivity index (χ3v) is 2.81. The second kappa shape index (κ2) is 9.90. The quantitative estimate of drug-likeness (QED) is 0.582. The van der Waals surface area contributed by atoms with Gasteiger partial charge in [-0.2, -0.15) is 0 Å². The highest BCUT2D eigenvalue weighted by Gasteiger charge is 2.14. The molecular weight excluding hydrogens is 210 g/mol. The average molecular weight is 243 g/mol. The number of rotatable bonds is 10. The lowest BCUT2D eigenvalue weighted by Crippen LogP contribution is -2.37. The Labute approximate surface area is 109 Å². The number of hydrogen-bond acceptors (Lipinski definition) is 2. The van der Waals surface area contributed by atoms with E-state index < -0.39 is 0 Å². The van der Waals surface area contributed by atoms with Crippen LogP contribution in [0, 0.1) is 0 Å². The summed E-state index contributed by atoms with van der Waals surface area (Å²) < 4.78 is 5.88. The van der Waals surface area contributed by atoms with E-state index in [0.29, 0.717) is 6.04 Å². The zero-order valence-corrected chi connectivity index (χ0v) is 12.6. The molecule has 0 aliphatic rings. The largest absolute Gasteiger partial charge is 0.374 e. The van der Waals surface area contributed by atoms with Gasteiger partial charge in [0.25, 0.3) is 0 Å². The number of ether oxygens (including phenoxy) is 1. The van der Waals surface area contributed by atoms with Gasteiger partial charge < -0.3 is 10.1 Å². The standard InChI is InChI=1S/C15H33NO/c1-6-8-9-10-11-14(16-12-7-2)13-17-15(3,4)5/h14,16H,6-13H2,1-5H3. The molecule has 0 spiro atoms. The molecule has 0 saturated carbocycles. The first-order chi connectivity index (χ1) is 7.99. The fraction of sp³-hybridized carbons (Fsp3) is 1.00. The number of unbranched alkanes of at least 4 members (excludes halogenated alkanes) is 3. The zero-order chi connectivity index (χ0) is 13.1. The van der Waals surface area contributed by atoms with Gasteiger partial charge in [-0.1, -0.05) is 39.5 Å². The van der Waals surface area contributed by atoms with Crippen LogP contribution in [-0.2, 0) is 4.74 Å². The summed E-state index contributed by atoms with van der Waals surface area (Å²) >= 11 is 0. The first-order valence-corrected chi connectivity index (χ1v) is 7.37. The molecule has 2 heteroatoms. The molecule has 1 unspecified atom stereocenters. The summed E-state index contributed by atoms with van der Waals surface area (Å²) in [5, 5.41) is 3.59. The third-order valence-electron chi connectivity index (χ3n) is 2.81. The van der Waals surface area contributed by atoms with Crippen LogP contribution in [0.3, 0.4) is 0 Å². The maximum Gasteiger partial charge on any atom is 0.0626 e. The van der Waals surface area contributed by atoms with E-state index in [1.165, 1.54) is 38.5 Å². The molecule has 0 fully saturated rings. The molecule has 0 aliphatic heterocycles. The zero-order valence-electron chi connectivity index (χ0n) is 12.6. The van der Waals surface area contributed by atoms with Crippen LogP contribution in [0.1, 0.15) is 73.1 Å². The van der Waals surface area contributed by atoms with E-state index in [4.69, 9.17) is 4.74 Å². The average Bonchev–Trinajstić information content (AvgIpc) is 2.25. The Morgan fingerprint density at radius 1 is 1.00 bits per heavy atom. The van der Waals surface area contributed by atoms with Crippen molar-refractivity contribution in [1.29, 1.82) is 0 Å². The van der Waals surface area contributed by atoms with Crippen LogP contribution < -0.4 is 5.32 Å². The van der Waals surface area contributed by atoms with Crippen molar-refractivity contribution in [2.45, 2.75) is 84.8 Å². The lowest BCUT2D eigenvalue weighted by Gasteiger charge is -2.25. The van der Waals surface area contributed by atoms with Gasteiger partial charge >= 0.3 is 0 Å². The summed E-state index contributed by atoms with van der Waals surface area (Å²) in [6.45, 7) is 12.8. The molecule has 104 valence electrons. The van der Waals surface area contributed by atoms with E-state index >= 15 is 0 Å². The lowest BCUT2D eigenvalue weighted by molar-refractivity contribution is -0.0156. The number of hydrogen-bond donors (Lipinski definition) is 1. The minimum absolute atomic E-state index is 0.0183. The van der Waals surface area contributed by atoms with E-state index in [0.717, 1.165) is 13.2 Å². The molecule has 0 aliphatic carbocycles. The molecule has 0 radical (unpaired) electrons. The molecule has 1 atom stereocenters.